The molecule has 0 spiro atoms. The average molecular weight is 288 g/mol. The van der Waals surface area contributed by atoms with Crippen molar-refractivity contribution in [1.82, 2.24) is 19.5 Å². The van der Waals surface area contributed by atoms with E-state index >= 15 is 0 Å². The maximum atomic E-state index is 11.9. The molecule has 0 saturated carbocycles. The van der Waals surface area contributed by atoms with Crippen LogP contribution in [-0.2, 0) is 30.2 Å². The van der Waals surface area contributed by atoms with Crippen molar-refractivity contribution >= 4 is 21.4 Å². The molecule has 2 rings (SSSR count). The van der Waals surface area contributed by atoms with Crippen molar-refractivity contribution in [2.75, 3.05) is 0 Å². The molecular weight excluding hydrogens is 276 g/mol. The molecule has 0 aromatic carbocycles. The van der Waals surface area contributed by atoms with Gasteiger partial charge in [0, 0.05) is 11.9 Å². The second-order valence-corrected chi connectivity index (χ2v) is 6.70. The summed E-state index contributed by atoms with van der Waals surface area (Å²) in [6.07, 6.45) is 1.50. The van der Waals surface area contributed by atoms with Gasteiger partial charge in [-0.1, -0.05) is 0 Å². The molecule has 0 aliphatic carbocycles. The molecule has 0 aliphatic heterocycles. The molecule has 0 fully saturated rings. The number of thiophene rings is 1. The number of aliphatic hydroxyl groups is 1. The number of rotatable bonds is 5. The second-order valence-electron chi connectivity index (χ2n) is 3.54. The van der Waals surface area contributed by atoms with Crippen LogP contribution in [-0.4, -0.2) is 28.3 Å². The average Bonchev–Trinajstić information content (AvgIpc) is 2.95. The van der Waals surface area contributed by atoms with Gasteiger partial charge in [-0.05, 0) is 12.1 Å². The Hall–Kier alpha value is -1.29. The van der Waals surface area contributed by atoms with Gasteiger partial charge in [-0.3, -0.25) is 4.68 Å². The van der Waals surface area contributed by atoms with Gasteiger partial charge in [-0.2, -0.15) is 5.10 Å². The Bertz CT molecular complexity index is 632. The summed E-state index contributed by atoms with van der Waals surface area (Å²) in [4.78, 5) is 4.53. The fraction of sp³-hybridized carbons (Fsp3) is 0.333. The summed E-state index contributed by atoms with van der Waals surface area (Å²) in [6, 6.07) is 3.04. The lowest BCUT2D eigenvalue weighted by Crippen LogP contribution is -2.23. The molecule has 0 unspecified atom stereocenters. The first kappa shape index (κ1) is 13.1. The van der Waals surface area contributed by atoms with Gasteiger partial charge in [0.05, 0.1) is 13.2 Å². The van der Waals surface area contributed by atoms with Crippen molar-refractivity contribution in [2.24, 2.45) is 7.05 Å². The third-order valence-corrected chi connectivity index (χ3v) is 5.09. The molecule has 98 valence electrons. The molecule has 2 heterocycles. The van der Waals surface area contributed by atoms with E-state index in [9.17, 15) is 8.42 Å². The van der Waals surface area contributed by atoms with Crippen molar-refractivity contribution in [3.05, 3.63) is 29.2 Å². The van der Waals surface area contributed by atoms with Crippen LogP contribution in [0.5, 0.6) is 0 Å². The SMILES string of the molecule is Cn1cnc(CNS(=O)(=O)c2ccc(CO)s2)n1. The van der Waals surface area contributed by atoms with Gasteiger partial charge >= 0.3 is 0 Å². The summed E-state index contributed by atoms with van der Waals surface area (Å²) < 4.78 is 27.9. The highest BCUT2D eigenvalue weighted by Crippen LogP contribution is 2.21. The second kappa shape index (κ2) is 5.14. The Kier molecular flexibility index (Phi) is 3.76. The third-order valence-electron chi connectivity index (χ3n) is 2.13. The molecule has 2 aromatic heterocycles. The van der Waals surface area contributed by atoms with E-state index in [0.717, 1.165) is 11.3 Å². The molecule has 0 aliphatic rings. The Morgan fingerprint density at radius 1 is 1.50 bits per heavy atom. The molecule has 2 N–H and O–H groups in total. The Balaban J connectivity index is 2.07. The standard InChI is InChI=1S/C9H12N4O3S2/c1-13-6-10-8(12-13)4-11-18(15,16)9-3-2-7(5-14)17-9/h2-3,6,11,14H,4-5H2,1H3. The number of nitrogens with zero attached hydrogens (tertiary/aromatic N) is 3. The van der Waals surface area contributed by atoms with E-state index in [1.165, 1.54) is 17.1 Å². The van der Waals surface area contributed by atoms with Crippen LogP contribution in [0.15, 0.2) is 22.7 Å². The molecule has 18 heavy (non-hydrogen) atoms. The number of aryl methyl sites for hydroxylation is 1. The van der Waals surface area contributed by atoms with Crippen molar-refractivity contribution in [2.45, 2.75) is 17.4 Å². The summed E-state index contributed by atoms with van der Waals surface area (Å²) in [7, 11) is -1.86. The third kappa shape index (κ3) is 2.93. The Labute approximate surface area is 108 Å². The van der Waals surface area contributed by atoms with Crippen molar-refractivity contribution in [3.63, 3.8) is 0 Å². The predicted octanol–water partition coefficient (Wildman–Crippen LogP) is -0.153. The van der Waals surface area contributed by atoms with Gasteiger partial charge in [0.2, 0.25) is 10.0 Å². The highest BCUT2D eigenvalue weighted by atomic mass is 32.2. The molecule has 0 bridgehead atoms. The van der Waals surface area contributed by atoms with E-state index < -0.39 is 10.0 Å². The fourth-order valence-corrected chi connectivity index (χ4v) is 3.52. The van der Waals surface area contributed by atoms with Gasteiger partial charge < -0.3 is 5.11 Å². The molecule has 0 radical (unpaired) electrons. The molecule has 2 aromatic rings. The smallest absolute Gasteiger partial charge is 0.250 e. The highest BCUT2D eigenvalue weighted by molar-refractivity contribution is 7.91. The van der Waals surface area contributed by atoms with Crippen LogP contribution >= 0.6 is 11.3 Å². The van der Waals surface area contributed by atoms with Crippen LogP contribution in [0, 0.1) is 0 Å². The molecule has 0 saturated heterocycles. The summed E-state index contributed by atoms with van der Waals surface area (Å²) in [6.45, 7) is -0.127. The van der Waals surface area contributed by atoms with Crippen molar-refractivity contribution in [1.29, 1.82) is 0 Å². The first-order valence-corrected chi connectivity index (χ1v) is 7.35. The maximum absolute atomic E-state index is 11.9. The number of aromatic nitrogens is 3. The Morgan fingerprint density at radius 2 is 2.28 bits per heavy atom. The number of aliphatic hydroxyl groups excluding tert-OH is 1. The quantitative estimate of drug-likeness (QED) is 0.797. The van der Waals surface area contributed by atoms with Crippen LogP contribution < -0.4 is 4.72 Å². The van der Waals surface area contributed by atoms with Crippen molar-refractivity contribution < 1.29 is 13.5 Å². The fourth-order valence-electron chi connectivity index (χ4n) is 1.28. The lowest BCUT2D eigenvalue weighted by atomic mass is 10.5. The number of nitrogens with one attached hydrogen (secondary N) is 1. The zero-order chi connectivity index (χ0) is 13.2. The van der Waals surface area contributed by atoms with Crippen LogP contribution in [0.1, 0.15) is 10.7 Å². The Morgan fingerprint density at radius 3 is 2.83 bits per heavy atom. The van der Waals surface area contributed by atoms with Gasteiger partial charge in [0.1, 0.15) is 10.5 Å². The van der Waals surface area contributed by atoms with E-state index in [0.29, 0.717) is 10.7 Å². The van der Waals surface area contributed by atoms with E-state index in [2.05, 4.69) is 14.8 Å². The van der Waals surface area contributed by atoms with Crippen LogP contribution in [0.3, 0.4) is 0 Å². The first-order chi connectivity index (χ1) is 8.51. The zero-order valence-electron chi connectivity index (χ0n) is 9.57. The topological polar surface area (TPSA) is 97.1 Å². The van der Waals surface area contributed by atoms with Crippen molar-refractivity contribution in [3.8, 4) is 0 Å². The number of hydrogen-bond acceptors (Lipinski definition) is 6. The first-order valence-electron chi connectivity index (χ1n) is 5.05. The van der Waals surface area contributed by atoms with E-state index in [-0.39, 0.29) is 17.4 Å². The molecule has 7 nitrogen and oxygen atoms in total. The number of sulfonamides is 1. The van der Waals surface area contributed by atoms with Gasteiger partial charge in [-0.15, -0.1) is 11.3 Å². The summed E-state index contributed by atoms with van der Waals surface area (Å²) in [5.41, 5.74) is 0. The summed E-state index contributed by atoms with van der Waals surface area (Å²) in [5.74, 6) is 0.403. The summed E-state index contributed by atoms with van der Waals surface area (Å²) >= 11 is 1.03. The minimum atomic E-state index is -3.57. The number of hydrogen-bond donors (Lipinski definition) is 2. The summed E-state index contributed by atoms with van der Waals surface area (Å²) in [5, 5.41) is 12.9. The monoisotopic (exact) mass is 288 g/mol. The van der Waals surface area contributed by atoms with E-state index in [4.69, 9.17) is 5.11 Å². The van der Waals surface area contributed by atoms with Gasteiger partial charge in [-0.25, -0.2) is 18.1 Å². The van der Waals surface area contributed by atoms with Crippen LogP contribution in [0.4, 0.5) is 0 Å². The van der Waals surface area contributed by atoms with Gasteiger partial charge in [0.25, 0.3) is 0 Å². The molecular formula is C9H12N4O3S2. The minimum absolute atomic E-state index is 0.0372. The molecule has 9 heteroatoms. The largest absolute Gasteiger partial charge is 0.391 e. The van der Waals surface area contributed by atoms with E-state index in [1.807, 2.05) is 0 Å². The molecule has 0 amide bonds. The predicted molar refractivity (Wildman–Crippen MR) is 65.3 cm³/mol. The van der Waals surface area contributed by atoms with Crippen LogP contribution in [0.2, 0.25) is 0 Å². The lowest BCUT2D eigenvalue weighted by molar-refractivity contribution is 0.285. The van der Waals surface area contributed by atoms with Crippen LogP contribution in [0.25, 0.3) is 0 Å². The zero-order valence-corrected chi connectivity index (χ0v) is 11.2. The van der Waals surface area contributed by atoms with E-state index in [1.54, 1.807) is 13.1 Å². The minimum Gasteiger partial charge on any atom is -0.391 e. The lowest BCUT2D eigenvalue weighted by Gasteiger charge is -2.01. The maximum Gasteiger partial charge on any atom is 0.250 e. The normalized spacial score (nSPS) is 11.9. The van der Waals surface area contributed by atoms with Gasteiger partial charge in [0.15, 0.2) is 5.82 Å². The highest BCUT2D eigenvalue weighted by Gasteiger charge is 2.17. The molecule has 0 atom stereocenters.